The molecule has 1 aromatic carbocycles. The highest BCUT2D eigenvalue weighted by Gasteiger charge is 2.22. The molecule has 84 valence electrons. The molecule has 1 aromatic rings. The van der Waals surface area contributed by atoms with Gasteiger partial charge >= 0.3 is 5.97 Å². The van der Waals surface area contributed by atoms with E-state index >= 15 is 0 Å². The minimum atomic E-state index is -1.41. The fourth-order valence-corrected chi connectivity index (χ4v) is 1.21. The molecule has 0 aliphatic rings. The van der Waals surface area contributed by atoms with Gasteiger partial charge in [-0.25, -0.2) is 4.39 Å². The second-order valence-corrected chi connectivity index (χ2v) is 2.91. The maximum absolute atomic E-state index is 13.5. The van der Waals surface area contributed by atoms with E-state index in [1.54, 1.807) is 0 Å². The van der Waals surface area contributed by atoms with E-state index in [2.05, 4.69) is 0 Å². The number of hydrogen-bond donors (Lipinski definition) is 1. The number of carboxylic acid groups (broad SMARTS) is 1. The zero-order valence-corrected chi connectivity index (χ0v) is 7.84. The fourth-order valence-electron chi connectivity index (χ4n) is 1.21. The smallest absolute Gasteiger partial charge is 0.308 e. The molecule has 0 amide bonds. The van der Waals surface area contributed by atoms with Crippen LogP contribution in [0.5, 0.6) is 0 Å². The van der Waals surface area contributed by atoms with E-state index in [0.29, 0.717) is 0 Å². The molecule has 1 N–H and O–H groups in total. The quantitative estimate of drug-likeness (QED) is 0.473. The van der Waals surface area contributed by atoms with Crippen molar-refractivity contribution in [3.63, 3.8) is 0 Å². The SMILES string of the molecule is O=Cc1ccc([N+](=O)[O-])c(CC(=O)O)c1F. The van der Waals surface area contributed by atoms with Crippen molar-refractivity contribution in [2.24, 2.45) is 0 Å². The Morgan fingerprint density at radius 3 is 2.62 bits per heavy atom. The number of carbonyl (C=O) groups excluding carboxylic acids is 1. The predicted octanol–water partition coefficient (Wildman–Crippen LogP) is 1.17. The highest BCUT2D eigenvalue weighted by Crippen LogP contribution is 2.24. The van der Waals surface area contributed by atoms with Crippen molar-refractivity contribution in [3.8, 4) is 0 Å². The topological polar surface area (TPSA) is 97.5 Å². The molecule has 0 unspecified atom stereocenters. The van der Waals surface area contributed by atoms with Crippen LogP contribution < -0.4 is 0 Å². The van der Waals surface area contributed by atoms with Crippen molar-refractivity contribution >= 4 is 17.9 Å². The molecule has 0 aromatic heterocycles. The van der Waals surface area contributed by atoms with Crippen LogP contribution in [0.3, 0.4) is 0 Å². The molecule has 6 nitrogen and oxygen atoms in total. The monoisotopic (exact) mass is 227 g/mol. The number of benzene rings is 1. The minimum Gasteiger partial charge on any atom is -0.481 e. The van der Waals surface area contributed by atoms with Crippen molar-refractivity contribution in [1.82, 2.24) is 0 Å². The highest BCUT2D eigenvalue weighted by molar-refractivity contribution is 5.79. The van der Waals surface area contributed by atoms with Crippen LogP contribution >= 0.6 is 0 Å². The van der Waals surface area contributed by atoms with Crippen molar-refractivity contribution in [2.45, 2.75) is 6.42 Å². The standard InChI is InChI=1S/C9H6FNO5/c10-9-5(4-12)1-2-7(11(15)16)6(9)3-8(13)14/h1-2,4H,3H2,(H,13,14). The van der Waals surface area contributed by atoms with E-state index in [0.717, 1.165) is 12.1 Å². The zero-order chi connectivity index (χ0) is 12.3. The number of halogens is 1. The molecule has 0 radical (unpaired) electrons. The Kier molecular flexibility index (Phi) is 3.29. The Morgan fingerprint density at radius 1 is 1.56 bits per heavy atom. The number of carbonyl (C=O) groups is 2. The fraction of sp³-hybridized carbons (Fsp3) is 0.111. The van der Waals surface area contributed by atoms with Gasteiger partial charge in [-0.1, -0.05) is 0 Å². The second-order valence-electron chi connectivity index (χ2n) is 2.91. The largest absolute Gasteiger partial charge is 0.481 e. The van der Waals surface area contributed by atoms with Crippen LogP contribution in [0.15, 0.2) is 12.1 Å². The second kappa shape index (κ2) is 4.47. The van der Waals surface area contributed by atoms with Gasteiger partial charge in [0.25, 0.3) is 5.69 Å². The average molecular weight is 227 g/mol. The van der Waals surface area contributed by atoms with Crippen molar-refractivity contribution in [1.29, 1.82) is 0 Å². The summed E-state index contributed by atoms with van der Waals surface area (Å²) < 4.78 is 13.5. The van der Waals surface area contributed by atoms with E-state index < -0.39 is 39.9 Å². The van der Waals surface area contributed by atoms with E-state index in [1.807, 2.05) is 0 Å². The molecule has 0 atom stereocenters. The first kappa shape index (κ1) is 11.8. The van der Waals surface area contributed by atoms with Crippen molar-refractivity contribution < 1.29 is 24.0 Å². The summed E-state index contributed by atoms with van der Waals surface area (Å²) in [5.74, 6) is -2.57. The third-order valence-corrected chi connectivity index (χ3v) is 1.90. The molecule has 0 aliphatic carbocycles. The van der Waals surface area contributed by atoms with Gasteiger partial charge in [0.1, 0.15) is 5.82 Å². The summed E-state index contributed by atoms with van der Waals surface area (Å²) in [4.78, 5) is 30.4. The lowest BCUT2D eigenvalue weighted by Gasteiger charge is -2.03. The molecule has 16 heavy (non-hydrogen) atoms. The Bertz CT molecular complexity index is 471. The van der Waals surface area contributed by atoms with E-state index in [1.165, 1.54) is 0 Å². The lowest BCUT2D eigenvalue weighted by atomic mass is 10.1. The summed E-state index contributed by atoms with van der Waals surface area (Å²) >= 11 is 0. The van der Waals surface area contributed by atoms with Crippen LogP contribution in [0.2, 0.25) is 0 Å². The Morgan fingerprint density at radius 2 is 2.19 bits per heavy atom. The summed E-state index contributed by atoms with van der Waals surface area (Å²) in [6, 6.07) is 1.84. The van der Waals surface area contributed by atoms with E-state index in [4.69, 9.17) is 5.11 Å². The highest BCUT2D eigenvalue weighted by atomic mass is 19.1. The molecule has 0 spiro atoms. The lowest BCUT2D eigenvalue weighted by molar-refractivity contribution is -0.385. The third-order valence-electron chi connectivity index (χ3n) is 1.90. The van der Waals surface area contributed by atoms with Gasteiger partial charge < -0.3 is 5.11 Å². The average Bonchev–Trinajstić information content (AvgIpc) is 2.19. The van der Waals surface area contributed by atoms with Crippen LogP contribution in [-0.2, 0) is 11.2 Å². The molecule has 0 bridgehead atoms. The van der Waals surface area contributed by atoms with E-state index in [-0.39, 0.29) is 6.29 Å². The normalized spacial score (nSPS) is 9.81. The maximum Gasteiger partial charge on any atom is 0.308 e. The van der Waals surface area contributed by atoms with Crippen LogP contribution in [0, 0.1) is 15.9 Å². The van der Waals surface area contributed by atoms with Crippen LogP contribution in [0.25, 0.3) is 0 Å². The van der Waals surface area contributed by atoms with Gasteiger partial charge in [-0.3, -0.25) is 19.7 Å². The van der Waals surface area contributed by atoms with Gasteiger partial charge in [0.2, 0.25) is 0 Å². The number of nitro benzene ring substituents is 1. The minimum absolute atomic E-state index is 0.171. The molecule has 0 saturated carbocycles. The van der Waals surface area contributed by atoms with Gasteiger partial charge in [-0.2, -0.15) is 0 Å². The first-order valence-corrected chi connectivity index (χ1v) is 4.10. The first-order valence-electron chi connectivity index (χ1n) is 4.10. The number of nitro groups is 1. The summed E-state index contributed by atoms with van der Waals surface area (Å²) in [7, 11) is 0. The molecule has 1 rings (SSSR count). The molecule has 0 fully saturated rings. The van der Waals surface area contributed by atoms with Crippen LogP contribution in [-0.4, -0.2) is 22.3 Å². The lowest BCUT2D eigenvalue weighted by Crippen LogP contribution is -2.08. The maximum atomic E-state index is 13.5. The van der Waals surface area contributed by atoms with Crippen molar-refractivity contribution in [3.05, 3.63) is 39.2 Å². The molecular weight excluding hydrogens is 221 g/mol. The van der Waals surface area contributed by atoms with Crippen LogP contribution in [0.1, 0.15) is 15.9 Å². The Labute approximate surface area is 88.5 Å². The van der Waals surface area contributed by atoms with Gasteiger partial charge in [0, 0.05) is 6.07 Å². The predicted molar refractivity (Wildman–Crippen MR) is 49.8 cm³/mol. The summed E-state index contributed by atoms with van der Waals surface area (Å²) in [6.45, 7) is 0. The molecule has 0 heterocycles. The van der Waals surface area contributed by atoms with Gasteiger partial charge in [0.05, 0.1) is 22.5 Å². The van der Waals surface area contributed by atoms with Crippen molar-refractivity contribution in [2.75, 3.05) is 0 Å². The first-order chi connectivity index (χ1) is 7.47. The Hall–Kier alpha value is -2.31. The number of nitrogens with zero attached hydrogens (tertiary/aromatic N) is 1. The summed E-state index contributed by atoms with van der Waals surface area (Å²) in [5.41, 5.74) is -1.64. The number of rotatable bonds is 4. The summed E-state index contributed by atoms with van der Waals surface area (Å²) in [5, 5.41) is 19.0. The Balaban J connectivity index is 3.41. The van der Waals surface area contributed by atoms with Gasteiger partial charge in [0.15, 0.2) is 6.29 Å². The molecule has 0 aliphatic heterocycles. The zero-order valence-electron chi connectivity index (χ0n) is 7.84. The summed E-state index contributed by atoms with van der Waals surface area (Å²) in [6.07, 6.45) is -0.672. The molecule has 0 saturated heterocycles. The molecule has 7 heteroatoms. The van der Waals surface area contributed by atoms with Gasteiger partial charge in [-0.05, 0) is 6.07 Å². The third kappa shape index (κ3) is 2.19. The number of hydrogen-bond acceptors (Lipinski definition) is 4. The number of carboxylic acids is 1. The van der Waals surface area contributed by atoms with E-state index in [9.17, 15) is 24.1 Å². The van der Waals surface area contributed by atoms with Crippen LogP contribution in [0.4, 0.5) is 10.1 Å². The number of aliphatic carboxylic acids is 1. The van der Waals surface area contributed by atoms with Gasteiger partial charge in [-0.15, -0.1) is 0 Å². The molecular formula is C9H6FNO5. The number of aldehydes is 1.